The fraction of sp³-hybridized carbons (Fsp3) is 0.214. The molecule has 0 spiro atoms. The van der Waals surface area contributed by atoms with E-state index in [-0.39, 0.29) is 17.4 Å². The number of pyridine rings is 1. The SMILES string of the molecule is Cn1c(=O)c2cccn2c2nc(OCCCNC(Cc3ccccc3)c3ccc(F)cc3)ccc21. The first-order valence-electron chi connectivity index (χ1n) is 11.7. The van der Waals surface area contributed by atoms with Crippen LogP contribution in [0.5, 0.6) is 5.88 Å². The minimum absolute atomic E-state index is 0.0599. The van der Waals surface area contributed by atoms with Crippen molar-refractivity contribution in [1.29, 1.82) is 0 Å². The Bertz CT molecular complexity index is 1490. The number of rotatable bonds is 9. The van der Waals surface area contributed by atoms with E-state index in [0.717, 1.165) is 30.5 Å². The average molecular weight is 471 g/mol. The Morgan fingerprint density at radius 2 is 1.77 bits per heavy atom. The molecule has 7 heteroatoms. The van der Waals surface area contributed by atoms with Crippen LogP contribution in [0.3, 0.4) is 0 Å². The molecule has 3 heterocycles. The maximum absolute atomic E-state index is 13.4. The minimum Gasteiger partial charge on any atom is -0.478 e. The van der Waals surface area contributed by atoms with Gasteiger partial charge in [0.15, 0.2) is 5.65 Å². The first-order valence-corrected chi connectivity index (χ1v) is 11.7. The standard InChI is InChI=1S/C28H27FN4O2/c1-32-24-14-15-26(31-27(24)33-17-5-9-25(33)28(32)34)35-18-6-16-30-23(19-20-7-3-2-4-8-20)21-10-12-22(29)13-11-21/h2-5,7-15,17,23,30H,6,16,18-19H2,1H3. The fourth-order valence-corrected chi connectivity index (χ4v) is 4.34. The van der Waals surface area contributed by atoms with E-state index in [9.17, 15) is 9.18 Å². The molecule has 0 saturated heterocycles. The van der Waals surface area contributed by atoms with Crippen LogP contribution in [0.2, 0.25) is 0 Å². The molecule has 0 radical (unpaired) electrons. The van der Waals surface area contributed by atoms with Gasteiger partial charge in [-0.2, -0.15) is 4.98 Å². The van der Waals surface area contributed by atoms with Crippen LogP contribution < -0.4 is 15.6 Å². The highest BCUT2D eigenvalue weighted by Crippen LogP contribution is 2.20. The molecule has 3 aromatic heterocycles. The lowest BCUT2D eigenvalue weighted by Gasteiger charge is -2.20. The molecule has 5 rings (SSSR count). The summed E-state index contributed by atoms with van der Waals surface area (Å²) in [6.45, 7) is 1.23. The zero-order chi connectivity index (χ0) is 24.2. The highest BCUT2D eigenvalue weighted by atomic mass is 19.1. The van der Waals surface area contributed by atoms with Gasteiger partial charge in [-0.05, 0) is 60.8 Å². The number of aromatic nitrogens is 3. The normalized spacial score (nSPS) is 12.3. The maximum atomic E-state index is 13.4. The van der Waals surface area contributed by atoms with Gasteiger partial charge in [0, 0.05) is 25.4 Å². The summed E-state index contributed by atoms with van der Waals surface area (Å²) >= 11 is 0. The van der Waals surface area contributed by atoms with Crippen LogP contribution in [0.15, 0.2) is 89.9 Å². The molecule has 0 bridgehead atoms. The van der Waals surface area contributed by atoms with E-state index in [1.54, 1.807) is 28.1 Å². The second-order valence-corrected chi connectivity index (χ2v) is 8.57. The van der Waals surface area contributed by atoms with E-state index < -0.39 is 0 Å². The quantitative estimate of drug-likeness (QED) is 0.318. The third-order valence-corrected chi connectivity index (χ3v) is 6.21. The average Bonchev–Trinajstić information content (AvgIpc) is 3.38. The van der Waals surface area contributed by atoms with Crippen molar-refractivity contribution >= 4 is 16.7 Å². The number of hydrogen-bond donors (Lipinski definition) is 1. The molecular formula is C28H27FN4O2. The van der Waals surface area contributed by atoms with Crippen molar-refractivity contribution in [3.8, 4) is 5.88 Å². The number of fused-ring (bicyclic) bond motifs is 3. The van der Waals surface area contributed by atoms with Crippen molar-refractivity contribution in [2.75, 3.05) is 13.2 Å². The van der Waals surface area contributed by atoms with E-state index in [4.69, 9.17) is 4.74 Å². The summed E-state index contributed by atoms with van der Waals surface area (Å²) in [5, 5.41) is 3.59. The van der Waals surface area contributed by atoms with Crippen LogP contribution in [0.1, 0.15) is 23.6 Å². The van der Waals surface area contributed by atoms with Crippen molar-refractivity contribution in [2.24, 2.45) is 7.05 Å². The molecule has 1 unspecified atom stereocenters. The number of benzene rings is 2. The smallest absolute Gasteiger partial charge is 0.275 e. The third-order valence-electron chi connectivity index (χ3n) is 6.21. The van der Waals surface area contributed by atoms with Gasteiger partial charge in [-0.3, -0.25) is 9.20 Å². The van der Waals surface area contributed by atoms with Gasteiger partial charge in [-0.1, -0.05) is 42.5 Å². The number of nitrogens with zero attached hydrogens (tertiary/aromatic N) is 3. The summed E-state index contributed by atoms with van der Waals surface area (Å²) in [6.07, 6.45) is 3.42. The lowest BCUT2D eigenvalue weighted by Crippen LogP contribution is -2.25. The summed E-state index contributed by atoms with van der Waals surface area (Å²) in [6, 6.07) is 24.3. The van der Waals surface area contributed by atoms with Gasteiger partial charge >= 0.3 is 0 Å². The summed E-state index contributed by atoms with van der Waals surface area (Å²) in [5.74, 6) is 0.284. The molecule has 2 aromatic carbocycles. The van der Waals surface area contributed by atoms with Crippen molar-refractivity contribution < 1.29 is 9.13 Å². The molecule has 0 saturated carbocycles. The van der Waals surface area contributed by atoms with Crippen molar-refractivity contribution in [3.05, 3.63) is 112 Å². The van der Waals surface area contributed by atoms with Crippen LogP contribution in [0.25, 0.3) is 16.7 Å². The Morgan fingerprint density at radius 1 is 0.971 bits per heavy atom. The summed E-state index contributed by atoms with van der Waals surface area (Å²) in [5.41, 5.74) is 4.22. The van der Waals surface area contributed by atoms with Gasteiger partial charge in [0.05, 0.1) is 12.1 Å². The Balaban J connectivity index is 1.23. The molecule has 35 heavy (non-hydrogen) atoms. The predicted octanol–water partition coefficient (Wildman–Crippen LogP) is 4.67. The number of nitrogens with one attached hydrogen (secondary N) is 1. The highest BCUT2D eigenvalue weighted by molar-refractivity contribution is 5.75. The van der Waals surface area contributed by atoms with Gasteiger partial charge < -0.3 is 14.6 Å². The Kier molecular flexibility index (Phi) is 6.59. The van der Waals surface area contributed by atoms with Crippen molar-refractivity contribution in [2.45, 2.75) is 18.9 Å². The van der Waals surface area contributed by atoms with Crippen LogP contribution >= 0.6 is 0 Å². The minimum atomic E-state index is -0.235. The number of hydrogen-bond acceptors (Lipinski definition) is 4. The summed E-state index contributed by atoms with van der Waals surface area (Å²) in [4.78, 5) is 17.1. The molecule has 6 nitrogen and oxygen atoms in total. The van der Waals surface area contributed by atoms with E-state index in [0.29, 0.717) is 23.7 Å². The van der Waals surface area contributed by atoms with E-state index in [1.165, 1.54) is 17.7 Å². The number of aryl methyl sites for hydroxylation is 1. The van der Waals surface area contributed by atoms with Gasteiger partial charge in [-0.15, -0.1) is 0 Å². The Labute approximate surface area is 202 Å². The Hall–Kier alpha value is -3.97. The van der Waals surface area contributed by atoms with Gasteiger partial charge in [0.2, 0.25) is 5.88 Å². The van der Waals surface area contributed by atoms with E-state index >= 15 is 0 Å². The fourth-order valence-electron chi connectivity index (χ4n) is 4.34. The topological polar surface area (TPSA) is 60.6 Å². The van der Waals surface area contributed by atoms with Crippen LogP contribution in [0.4, 0.5) is 4.39 Å². The number of halogens is 1. The van der Waals surface area contributed by atoms with Crippen molar-refractivity contribution in [1.82, 2.24) is 19.3 Å². The molecule has 0 aliphatic heterocycles. The zero-order valence-electron chi connectivity index (χ0n) is 19.5. The van der Waals surface area contributed by atoms with E-state index in [2.05, 4.69) is 22.4 Å². The first kappa shape index (κ1) is 22.8. The van der Waals surface area contributed by atoms with Crippen LogP contribution in [-0.4, -0.2) is 27.1 Å². The van der Waals surface area contributed by atoms with Crippen LogP contribution in [-0.2, 0) is 13.5 Å². The lowest BCUT2D eigenvalue weighted by molar-refractivity contribution is 0.294. The maximum Gasteiger partial charge on any atom is 0.275 e. The molecule has 0 aliphatic rings. The van der Waals surface area contributed by atoms with Crippen molar-refractivity contribution in [3.63, 3.8) is 0 Å². The largest absolute Gasteiger partial charge is 0.478 e. The summed E-state index contributed by atoms with van der Waals surface area (Å²) in [7, 11) is 1.75. The van der Waals surface area contributed by atoms with Crippen LogP contribution in [0, 0.1) is 5.82 Å². The second kappa shape index (κ2) is 10.1. The summed E-state index contributed by atoms with van der Waals surface area (Å²) < 4.78 is 22.8. The lowest BCUT2D eigenvalue weighted by atomic mass is 9.98. The molecule has 0 fully saturated rings. The van der Waals surface area contributed by atoms with E-state index in [1.807, 2.05) is 48.7 Å². The number of ether oxygens (including phenoxy) is 1. The molecular weight excluding hydrogens is 443 g/mol. The molecule has 1 N–H and O–H groups in total. The second-order valence-electron chi connectivity index (χ2n) is 8.57. The predicted molar refractivity (Wildman–Crippen MR) is 135 cm³/mol. The van der Waals surface area contributed by atoms with Gasteiger partial charge in [0.25, 0.3) is 5.56 Å². The monoisotopic (exact) mass is 470 g/mol. The molecule has 1 atom stereocenters. The van der Waals surface area contributed by atoms with Gasteiger partial charge in [0.1, 0.15) is 11.3 Å². The van der Waals surface area contributed by atoms with Gasteiger partial charge in [-0.25, -0.2) is 4.39 Å². The first-order chi connectivity index (χ1) is 17.1. The molecule has 0 amide bonds. The Morgan fingerprint density at radius 3 is 2.57 bits per heavy atom. The zero-order valence-corrected chi connectivity index (χ0v) is 19.5. The molecule has 0 aliphatic carbocycles. The highest BCUT2D eigenvalue weighted by Gasteiger charge is 2.13. The third kappa shape index (κ3) is 4.95. The molecule has 178 valence electrons. The molecule has 5 aromatic rings.